The Morgan fingerprint density at radius 2 is 2.25 bits per heavy atom. The first-order valence-electron chi connectivity index (χ1n) is 6.14. The van der Waals surface area contributed by atoms with Crippen LogP contribution in [0.5, 0.6) is 0 Å². The van der Waals surface area contributed by atoms with Gasteiger partial charge in [0.2, 0.25) is 0 Å². The first-order chi connectivity index (χ1) is 9.63. The molecule has 108 valence electrons. The summed E-state index contributed by atoms with van der Waals surface area (Å²) in [5.41, 5.74) is 12.9. The standard InChI is InChI=1S/C11H16N6O2S/c1-20-2-5-8(18)6(12)11(19-5)17-4-16-7-9(13)14-3-15-10(7)17/h3-6,8,11,18H,2,12H2,1H3,(H2,13,14,15)/t5?,6-,8-,11-/m1/s1. The Balaban J connectivity index is 1.97. The van der Waals surface area contributed by atoms with E-state index >= 15 is 0 Å². The van der Waals surface area contributed by atoms with Crippen molar-refractivity contribution >= 4 is 28.7 Å². The van der Waals surface area contributed by atoms with Gasteiger partial charge in [0.05, 0.1) is 18.5 Å². The molecule has 4 atom stereocenters. The number of nitrogens with zero attached hydrogens (tertiary/aromatic N) is 4. The quantitative estimate of drug-likeness (QED) is 0.683. The lowest BCUT2D eigenvalue weighted by molar-refractivity contribution is -0.00491. The van der Waals surface area contributed by atoms with E-state index in [1.54, 1.807) is 22.7 Å². The van der Waals surface area contributed by atoms with E-state index in [9.17, 15) is 5.11 Å². The van der Waals surface area contributed by atoms with Gasteiger partial charge in [0, 0.05) is 5.75 Å². The van der Waals surface area contributed by atoms with E-state index in [2.05, 4.69) is 15.0 Å². The summed E-state index contributed by atoms with van der Waals surface area (Å²) < 4.78 is 7.54. The summed E-state index contributed by atoms with van der Waals surface area (Å²) in [7, 11) is 0. The second-order valence-electron chi connectivity index (χ2n) is 4.67. The molecule has 2 aromatic heterocycles. The molecule has 0 aromatic carbocycles. The van der Waals surface area contributed by atoms with Crippen LogP contribution in [0.25, 0.3) is 11.2 Å². The van der Waals surface area contributed by atoms with Gasteiger partial charge in [-0.2, -0.15) is 11.8 Å². The van der Waals surface area contributed by atoms with Gasteiger partial charge < -0.3 is 21.3 Å². The SMILES string of the molecule is CSCC1O[C@@H](n2cnc3c(N)ncnc32)[C@H](N)[C@@H]1O. The van der Waals surface area contributed by atoms with E-state index in [4.69, 9.17) is 16.2 Å². The Morgan fingerprint density at radius 3 is 3.00 bits per heavy atom. The number of hydrogen-bond acceptors (Lipinski definition) is 8. The van der Waals surface area contributed by atoms with Crippen molar-refractivity contribution < 1.29 is 9.84 Å². The molecule has 1 aliphatic heterocycles. The maximum atomic E-state index is 10.1. The maximum Gasteiger partial charge on any atom is 0.167 e. The molecule has 1 unspecified atom stereocenters. The Morgan fingerprint density at radius 1 is 1.45 bits per heavy atom. The smallest absolute Gasteiger partial charge is 0.167 e. The topological polar surface area (TPSA) is 125 Å². The van der Waals surface area contributed by atoms with Crippen molar-refractivity contribution in [2.75, 3.05) is 17.7 Å². The number of aliphatic hydroxyl groups excluding tert-OH is 1. The summed E-state index contributed by atoms with van der Waals surface area (Å²) in [5, 5.41) is 10.1. The molecule has 20 heavy (non-hydrogen) atoms. The van der Waals surface area contributed by atoms with E-state index in [0.717, 1.165) is 0 Å². The summed E-state index contributed by atoms with van der Waals surface area (Å²) in [4.78, 5) is 12.2. The minimum atomic E-state index is -0.718. The fourth-order valence-corrected chi connectivity index (χ4v) is 2.98. The molecule has 0 amide bonds. The normalized spacial score (nSPS) is 30.1. The van der Waals surface area contributed by atoms with Gasteiger partial charge in [-0.25, -0.2) is 15.0 Å². The first kappa shape index (κ1) is 13.6. The summed E-state index contributed by atoms with van der Waals surface area (Å²) in [6.45, 7) is 0. The lowest BCUT2D eigenvalue weighted by Crippen LogP contribution is -2.39. The lowest BCUT2D eigenvalue weighted by Gasteiger charge is -2.17. The first-order valence-corrected chi connectivity index (χ1v) is 7.54. The zero-order chi connectivity index (χ0) is 14.3. The summed E-state index contributed by atoms with van der Waals surface area (Å²) in [5.74, 6) is 0.983. The number of hydrogen-bond donors (Lipinski definition) is 3. The van der Waals surface area contributed by atoms with E-state index < -0.39 is 18.4 Å². The van der Waals surface area contributed by atoms with Crippen LogP contribution >= 0.6 is 11.8 Å². The zero-order valence-electron chi connectivity index (χ0n) is 10.9. The average Bonchev–Trinajstić information content (AvgIpc) is 2.97. The third-order valence-electron chi connectivity index (χ3n) is 3.41. The largest absolute Gasteiger partial charge is 0.389 e. The van der Waals surface area contributed by atoms with Crippen molar-refractivity contribution in [3.63, 3.8) is 0 Å². The Hall–Kier alpha value is -1.42. The number of nitrogen functional groups attached to an aromatic ring is 1. The molecule has 1 saturated heterocycles. The summed E-state index contributed by atoms with van der Waals surface area (Å²) >= 11 is 1.60. The lowest BCUT2D eigenvalue weighted by atomic mass is 10.1. The Labute approximate surface area is 119 Å². The van der Waals surface area contributed by atoms with Crippen LogP contribution in [0.15, 0.2) is 12.7 Å². The number of thioether (sulfide) groups is 1. The molecule has 0 saturated carbocycles. The monoisotopic (exact) mass is 296 g/mol. The van der Waals surface area contributed by atoms with Gasteiger partial charge in [-0.1, -0.05) is 0 Å². The van der Waals surface area contributed by atoms with Gasteiger partial charge in [-0.05, 0) is 6.26 Å². The fraction of sp³-hybridized carbons (Fsp3) is 0.545. The van der Waals surface area contributed by atoms with E-state index in [0.29, 0.717) is 22.7 Å². The molecular formula is C11H16N6O2S. The van der Waals surface area contributed by atoms with Gasteiger partial charge in [0.25, 0.3) is 0 Å². The predicted molar refractivity (Wildman–Crippen MR) is 76.0 cm³/mol. The van der Waals surface area contributed by atoms with Crippen molar-refractivity contribution in [2.24, 2.45) is 5.73 Å². The summed E-state index contributed by atoms with van der Waals surface area (Å²) in [6, 6.07) is -0.541. The molecule has 0 aliphatic carbocycles. The Kier molecular flexibility index (Phi) is 3.50. The molecule has 3 rings (SSSR count). The second-order valence-corrected chi connectivity index (χ2v) is 5.58. The zero-order valence-corrected chi connectivity index (χ0v) is 11.7. The maximum absolute atomic E-state index is 10.1. The van der Waals surface area contributed by atoms with Crippen LogP contribution in [-0.2, 0) is 4.74 Å². The number of aromatic nitrogens is 4. The third-order valence-corrected chi connectivity index (χ3v) is 4.07. The molecule has 0 radical (unpaired) electrons. The highest BCUT2D eigenvalue weighted by Crippen LogP contribution is 2.31. The highest BCUT2D eigenvalue weighted by Gasteiger charge is 2.42. The van der Waals surface area contributed by atoms with Gasteiger partial charge in [-0.3, -0.25) is 4.57 Å². The van der Waals surface area contributed by atoms with Crippen LogP contribution in [0.3, 0.4) is 0 Å². The molecule has 5 N–H and O–H groups in total. The molecule has 2 aromatic rings. The Bertz CT molecular complexity index is 620. The number of fused-ring (bicyclic) bond motifs is 1. The number of ether oxygens (including phenoxy) is 1. The van der Waals surface area contributed by atoms with Crippen molar-refractivity contribution in [1.29, 1.82) is 0 Å². The second kappa shape index (κ2) is 5.17. The summed E-state index contributed by atoms with van der Waals surface area (Å²) in [6.07, 6.45) is 3.35. The van der Waals surface area contributed by atoms with E-state index in [1.807, 2.05) is 6.26 Å². The number of anilines is 1. The van der Waals surface area contributed by atoms with Crippen molar-refractivity contribution in [1.82, 2.24) is 19.5 Å². The van der Waals surface area contributed by atoms with Crippen LogP contribution in [0.1, 0.15) is 6.23 Å². The van der Waals surface area contributed by atoms with E-state index in [-0.39, 0.29) is 6.10 Å². The van der Waals surface area contributed by atoms with Crippen LogP contribution in [-0.4, -0.2) is 54.9 Å². The van der Waals surface area contributed by atoms with E-state index in [1.165, 1.54) is 6.33 Å². The molecule has 3 heterocycles. The van der Waals surface area contributed by atoms with Gasteiger partial charge in [-0.15, -0.1) is 0 Å². The van der Waals surface area contributed by atoms with Crippen molar-refractivity contribution in [3.05, 3.63) is 12.7 Å². The van der Waals surface area contributed by atoms with Gasteiger partial charge in [0.1, 0.15) is 17.9 Å². The van der Waals surface area contributed by atoms with Crippen LogP contribution < -0.4 is 11.5 Å². The highest BCUT2D eigenvalue weighted by atomic mass is 32.2. The molecule has 9 heteroatoms. The number of rotatable bonds is 3. The average molecular weight is 296 g/mol. The molecule has 0 spiro atoms. The predicted octanol–water partition coefficient (Wildman–Crippen LogP) is -0.643. The number of aliphatic hydroxyl groups is 1. The van der Waals surface area contributed by atoms with Crippen LogP contribution in [0.4, 0.5) is 5.82 Å². The van der Waals surface area contributed by atoms with Crippen molar-refractivity contribution in [2.45, 2.75) is 24.5 Å². The highest BCUT2D eigenvalue weighted by molar-refractivity contribution is 7.98. The fourth-order valence-electron chi connectivity index (χ4n) is 2.38. The minimum absolute atomic E-state index is 0.304. The third kappa shape index (κ3) is 2.03. The molecule has 0 bridgehead atoms. The molecular weight excluding hydrogens is 280 g/mol. The molecule has 8 nitrogen and oxygen atoms in total. The van der Waals surface area contributed by atoms with Gasteiger partial charge >= 0.3 is 0 Å². The van der Waals surface area contributed by atoms with Crippen LogP contribution in [0, 0.1) is 0 Å². The number of imidazole rings is 1. The number of nitrogens with two attached hydrogens (primary N) is 2. The van der Waals surface area contributed by atoms with Crippen molar-refractivity contribution in [3.8, 4) is 0 Å². The van der Waals surface area contributed by atoms with Gasteiger partial charge in [0.15, 0.2) is 17.7 Å². The minimum Gasteiger partial charge on any atom is -0.389 e. The van der Waals surface area contributed by atoms with Crippen LogP contribution in [0.2, 0.25) is 0 Å². The molecule has 1 fully saturated rings. The molecule has 1 aliphatic rings.